The smallest absolute Gasteiger partial charge is 0.232 e. The first-order valence-corrected chi connectivity index (χ1v) is 5.45. The Morgan fingerprint density at radius 1 is 1.35 bits per heavy atom. The second-order valence-corrected chi connectivity index (χ2v) is 4.17. The van der Waals surface area contributed by atoms with E-state index in [4.69, 9.17) is 14.3 Å². The van der Waals surface area contributed by atoms with Crippen molar-refractivity contribution in [2.75, 3.05) is 0 Å². The number of hydrogen-bond acceptors (Lipinski definition) is 6. The molecular weight excluding hydrogens is 220 g/mol. The quantitative estimate of drug-likeness (QED) is 0.797. The summed E-state index contributed by atoms with van der Waals surface area (Å²) in [4.78, 5) is 4.28. The molecule has 0 bridgehead atoms. The van der Waals surface area contributed by atoms with Gasteiger partial charge >= 0.3 is 0 Å². The molecule has 0 atom stereocenters. The Morgan fingerprint density at radius 3 is 2.88 bits per heavy atom. The Morgan fingerprint density at radius 2 is 2.18 bits per heavy atom. The van der Waals surface area contributed by atoms with Crippen LogP contribution in [0.3, 0.4) is 0 Å². The fourth-order valence-electron chi connectivity index (χ4n) is 1.67. The van der Waals surface area contributed by atoms with Gasteiger partial charge in [0.2, 0.25) is 5.89 Å². The van der Waals surface area contributed by atoms with Gasteiger partial charge in [-0.25, -0.2) is 0 Å². The Balaban J connectivity index is 1.83. The van der Waals surface area contributed by atoms with Gasteiger partial charge < -0.3 is 9.05 Å². The van der Waals surface area contributed by atoms with Crippen LogP contribution in [0.2, 0.25) is 0 Å². The largest absolute Gasteiger partial charge is 0.360 e. The molecule has 0 aliphatic heterocycles. The van der Waals surface area contributed by atoms with Gasteiger partial charge in [0.15, 0.2) is 11.6 Å². The normalized spacial score (nSPS) is 14.8. The van der Waals surface area contributed by atoms with Crippen LogP contribution in [0, 0.1) is 18.3 Å². The van der Waals surface area contributed by atoms with Crippen LogP contribution in [0.15, 0.2) is 9.05 Å². The Kier molecular flexibility index (Phi) is 2.18. The molecule has 1 aliphatic rings. The SMILES string of the molecule is Cc1onc(Cc2nc(C3CC3)no2)c1C#N. The summed E-state index contributed by atoms with van der Waals surface area (Å²) in [5, 5.41) is 16.7. The van der Waals surface area contributed by atoms with Crippen LogP contribution in [0.4, 0.5) is 0 Å². The zero-order valence-corrected chi connectivity index (χ0v) is 9.30. The summed E-state index contributed by atoms with van der Waals surface area (Å²) in [6.07, 6.45) is 2.61. The molecule has 1 saturated carbocycles. The van der Waals surface area contributed by atoms with Gasteiger partial charge in [-0.15, -0.1) is 0 Å². The summed E-state index contributed by atoms with van der Waals surface area (Å²) in [6, 6.07) is 2.06. The summed E-state index contributed by atoms with van der Waals surface area (Å²) >= 11 is 0. The van der Waals surface area contributed by atoms with Crippen molar-refractivity contribution < 1.29 is 9.05 Å². The molecule has 0 amide bonds. The van der Waals surface area contributed by atoms with Crippen LogP contribution >= 0.6 is 0 Å². The number of rotatable bonds is 3. The minimum absolute atomic E-state index is 0.347. The van der Waals surface area contributed by atoms with Crippen molar-refractivity contribution in [2.24, 2.45) is 0 Å². The van der Waals surface area contributed by atoms with E-state index >= 15 is 0 Å². The summed E-state index contributed by atoms with van der Waals surface area (Å²) < 4.78 is 10.1. The van der Waals surface area contributed by atoms with Crippen LogP contribution in [-0.2, 0) is 6.42 Å². The van der Waals surface area contributed by atoms with Crippen molar-refractivity contribution in [1.82, 2.24) is 15.3 Å². The van der Waals surface area contributed by atoms with Crippen molar-refractivity contribution >= 4 is 0 Å². The predicted octanol–water partition coefficient (Wildman–Crippen LogP) is 1.71. The Hall–Kier alpha value is -2.16. The highest BCUT2D eigenvalue weighted by Gasteiger charge is 2.29. The average molecular weight is 230 g/mol. The standard InChI is InChI=1S/C11H10N4O2/c1-6-8(5-12)9(14-16-6)4-10-13-11(15-17-10)7-2-3-7/h7H,2-4H2,1H3. The lowest BCUT2D eigenvalue weighted by Gasteiger charge is -1.88. The lowest BCUT2D eigenvalue weighted by Crippen LogP contribution is -1.92. The molecule has 0 unspecified atom stereocenters. The van der Waals surface area contributed by atoms with E-state index < -0.39 is 0 Å². The summed E-state index contributed by atoms with van der Waals surface area (Å²) in [6.45, 7) is 1.71. The summed E-state index contributed by atoms with van der Waals surface area (Å²) in [5.41, 5.74) is 1.01. The second-order valence-electron chi connectivity index (χ2n) is 4.17. The van der Waals surface area contributed by atoms with E-state index in [0.717, 1.165) is 18.7 Å². The van der Waals surface area contributed by atoms with Crippen LogP contribution in [0.5, 0.6) is 0 Å². The number of aryl methyl sites for hydroxylation is 1. The third kappa shape index (κ3) is 1.80. The van der Waals surface area contributed by atoms with Crippen molar-refractivity contribution in [3.8, 4) is 6.07 Å². The van der Waals surface area contributed by atoms with E-state index in [1.54, 1.807) is 6.92 Å². The lowest BCUT2D eigenvalue weighted by molar-refractivity contribution is 0.368. The van der Waals surface area contributed by atoms with Gasteiger partial charge in [0.25, 0.3) is 0 Å². The van der Waals surface area contributed by atoms with Crippen LogP contribution in [0.25, 0.3) is 0 Å². The fraction of sp³-hybridized carbons (Fsp3) is 0.455. The molecule has 1 aliphatic carbocycles. The topological polar surface area (TPSA) is 88.7 Å². The van der Waals surface area contributed by atoms with Gasteiger partial charge in [-0.05, 0) is 19.8 Å². The molecular formula is C11H10N4O2. The van der Waals surface area contributed by atoms with Gasteiger partial charge in [-0.2, -0.15) is 10.2 Å². The molecule has 3 rings (SSSR count). The molecule has 6 nitrogen and oxygen atoms in total. The minimum atomic E-state index is 0.347. The molecule has 6 heteroatoms. The molecule has 0 N–H and O–H groups in total. The number of aromatic nitrogens is 3. The first-order chi connectivity index (χ1) is 8.28. The monoisotopic (exact) mass is 230 g/mol. The van der Waals surface area contributed by atoms with Crippen molar-refractivity contribution in [1.29, 1.82) is 5.26 Å². The molecule has 2 aromatic rings. The van der Waals surface area contributed by atoms with Crippen molar-refractivity contribution in [3.05, 3.63) is 28.7 Å². The molecule has 0 aromatic carbocycles. The van der Waals surface area contributed by atoms with Crippen molar-refractivity contribution in [3.63, 3.8) is 0 Å². The van der Waals surface area contributed by atoms with E-state index in [-0.39, 0.29) is 0 Å². The highest BCUT2D eigenvalue weighted by atomic mass is 16.5. The lowest BCUT2D eigenvalue weighted by atomic mass is 10.2. The molecule has 17 heavy (non-hydrogen) atoms. The van der Waals surface area contributed by atoms with Crippen LogP contribution in [0.1, 0.15) is 47.5 Å². The molecule has 2 aromatic heterocycles. The van der Waals surface area contributed by atoms with E-state index in [9.17, 15) is 0 Å². The third-order valence-corrected chi connectivity index (χ3v) is 2.79. The van der Waals surface area contributed by atoms with E-state index in [0.29, 0.717) is 35.2 Å². The Bertz CT molecular complexity index is 589. The van der Waals surface area contributed by atoms with Gasteiger partial charge in [0.05, 0.1) is 6.42 Å². The first-order valence-electron chi connectivity index (χ1n) is 5.45. The van der Waals surface area contributed by atoms with Gasteiger partial charge in [0, 0.05) is 5.92 Å². The molecule has 0 radical (unpaired) electrons. The zero-order chi connectivity index (χ0) is 11.8. The Labute approximate surface area is 97.2 Å². The van der Waals surface area contributed by atoms with E-state index in [2.05, 4.69) is 21.4 Å². The van der Waals surface area contributed by atoms with E-state index in [1.807, 2.05) is 0 Å². The highest BCUT2D eigenvalue weighted by Crippen LogP contribution is 2.38. The van der Waals surface area contributed by atoms with Gasteiger partial charge in [-0.1, -0.05) is 10.3 Å². The minimum Gasteiger partial charge on any atom is -0.360 e. The highest BCUT2D eigenvalue weighted by molar-refractivity contribution is 5.36. The molecule has 2 heterocycles. The first kappa shape index (κ1) is 10.0. The fourth-order valence-corrected chi connectivity index (χ4v) is 1.67. The third-order valence-electron chi connectivity index (χ3n) is 2.79. The number of nitrogens with zero attached hydrogens (tertiary/aromatic N) is 4. The van der Waals surface area contributed by atoms with E-state index in [1.165, 1.54) is 0 Å². The number of hydrogen-bond donors (Lipinski definition) is 0. The van der Waals surface area contributed by atoms with Crippen LogP contribution in [-0.4, -0.2) is 15.3 Å². The molecule has 0 spiro atoms. The van der Waals surface area contributed by atoms with Gasteiger partial charge in [0.1, 0.15) is 17.3 Å². The maximum Gasteiger partial charge on any atom is 0.232 e. The van der Waals surface area contributed by atoms with Crippen molar-refractivity contribution in [2.45, 2.75) is 32.1 Å². The second kappa shape index (κ2) is 3.70. The average Bonchev–Trinajstić information content (AvgIpc) is 2.98. The molecule has 86 valence electrons. The summed E-state index contributed by atoms with van der Waals surface area (Å²) in [5.74, 6) is 2.22. The maximum absolute atomic E-state index is 8.95. The number of nitriles is 1. The maximum atomic E-state index is 8.95. The molecule has 0 saturated heterocycles. The predicted molar refractivity (Wildman–Crippen MR) is 55.0 cm³/mol. The molecule has 1 fully saturated rings. The zero-order valence-electron chi connectivity index (χ0n) is 9.30. The van der Waals surface area contributed by atoms with Gasteiger partial charge in [-0.3, -0.25) is 0 Å². The summed E-state index contributed by atoms with van der Waals surface area (Å²) in [7, 11) is 0. The van der Waals surface area contributed by atoms with Crippen LogP contribution < -0.4 is 0 Å².